The molecule has 7 heteroatoms. The first-order chi connectivity index (χ1) is 13.5. The van der Waals surface area contributed by atoms with Crippen LogP contribution in [0.5, 0.6) is 11.5 Å². The van der Waals surface area contributed by atoms with Gasteiger partial charge in [-0.25, -0.2) is 4.98 Å². The third-order valence-electron chi connectivity index (χ3n) is 3.85. The van der Waals surface area contributed by atoms with Crippen molar-refractivity contribution >= 4 is 38.3 Å². The number of rotatable bonds is 7. The summed E-state index contributed by atoms with van der Waals surface area (Å²) in [6, 6.07) is 12.9. The molecule has 28 heavy (non-hydrogen) atoms. The summed E-state index contributed by atoms with van der Waals surface area (Å²) in [5.74, 6) is 1.65. The van der Waals surface area contributed by atoms with Crippen LogP contribution in [0.1, 0.15) is 24.2 Å². The fourth-order valence-electron chi connectivity index (χ4n) is 2.45. The van der Waals surface area contributed by atoms with Gasteiger partial charge in [-0.3, -0.25) is 10.1 Å². The summed E-state index contributed by atoms with van der Waals surface area (Å²) in [5, 5.41) is 5.30. The lowest BCUT2D eigenvalue weighted by Crippen LogP contribution is -2.12. The number of nitrogens with one attached hydrogen (secondary N) is 1. The van der Waals surface area contributed by atoms with Gasteiger partial charge >= 0.3 is 0 Å². The molecule has 2 aromatic carbocycles. The maximum Gasteiger partial charge on any atom is 0.257 e. The Morgan fingerprint density at radius 1 is 1.25 bits per heavy atom. The van der Waals surface area contributed by atoms with Crippen LogP contribution < -0.4 is 14.8 Å². The zero-order valence-electron chi connectivity index (χ0n) is 15.9. The van der Waals surface area contributed by atoms with E-state index in [-0.39, 0.29) is 5.91 Å². The molecule has 0 bridgehead atoms. The maximum absolute atomic E-state index is 12.6. The van der Waals surface area contributed by atoms with Gasteiger partial charge < -0.3 is 9.47 Å². The molecule has 0 aliphatic carbocycles. The van der Waals surface area contributed by atoms with Crippen LogP contribution in [-0.2, 0) is 0 Å². The van der Waals surface area contributed by atoms with Crippen molar-refractivity contribution in [3.8, 4) is 22.8 Å². The summed E-state index contributed by atoms with van der Waals surface area (Å²) >= 11 is 4.86. The third kappa shape index (κ3) is 5.11. The van der Waals surface area contributed by atoms with Crippen molar-refractivity contribution in [3.05, 3.63) is 57.9 Å². The monoisotopic (exact) mass is 460 g/mol. The van der Waals surface area contributed by atoms with E-state index in [2.05, 4.69) is 40.1 Å². The third-order valence-corrected chi connectivity index (χ3v) is 5.23. The van der Waals surface area contributed by atoms with Gasteiger partial charge in [-0.05, 0) is 58.2 Å². The predicted octanol–water partition coefficient (Wildman–Crippen LogP) is 5.87. The minimum Gasteiger partial charge on any atom is -0.496 e. The van der Waals surface area contributed by atoms with Crippen molar-refractivity contribution in [2.45, 2.75) is 13.8 Å². The first-order valence-corrected chi connectivity index (χ1v) is 10.5. The molecule has 3 aromatic rings. The van der Waals surface area contributed by atoms with Crippen LogP contribution in [0.3, 0.4) is 0 Å². The Bertz CT molecular complexity index is 972. The second kappa shape index (κ2) is 9.21. The number of halogens is 1. The molecule has 0 aliphatic rings. The van der Waals surface area contributed by atoms with E-state index in [1.165, 1.54) is 11.3 Å². The molecule has 0 aliphatic heterocycles. The lowest BCUT2D eigenvalue weighted by Gasteiger charge is -2.09. The molecule has 1 amide bonds. The van der Waals surface area contributed by atoms with Gasteiger partial charge in [0.05, 0.1) is 23.9 Å². The molecule has 0 spiro atoms. The van der Waals surface area contributed by atoms with E-state index in [4.69, 9.17) is 9.47 Å². The largest absolute Gasteiger partial charge is 0.496 e. The standard InChI is InChI=1S/C21H21BrN2O3S/c1-13(2)11-27-16-6-4-5-15(9-16)20(25)24-21-23-18(12-28-21)14-7-8-19(26-3)17(22)10-14/h4-10,12-13H,11H2,1-3H3,(H,23,24,25). The topological polar surface area (TPSA) is 60.5 Å². The first-order valence-electron chi connectivity index (χ1n) is 8.80. The molecule has 0 saturated heterocycles. The number of thiazole rings is 1. The number of ether oxygens (including phenoxy) is 2. The highest BCUT2D eigenvalue weighted by molar-refractivity contribution is 9.10. The van der Waals surface area contributed by atoms with Crippen molar-refractivity contribution in [2.24, 2.45) is 5.92 Å². The van der Waals surface area contributed by atoms with E-state index in [1.807, 2.05) is 35.7 Å². The molecule has 1 N–H and O–H groups in total. The number of methoxy groups -OCH3 is 1. The second-order valence-corrected chi connectivity index (χ2v) is 8.29. The fraction of sp³-hybridized carbons (Fsp3) is 0.238. The lowest BCUT2D eigenvalue weighted by molar-refractivity contribution is 0.102. The van der Waals surface area contributed by atoms with Crippen LogP contribution in [0.25, 0.3) is 11.3 Å². The van der Waals surface area contributed by atoms with Gasteiger partial charge in [0.25, 0.3) is 5.91 Å². The molecule has 0 atom stereocenters. The number of amides is 1. The van der Waals surface area contributed by atoms with Crippen LogP contribution in [0.15, 0.2) is 52.3 Å². The van der Waals surface area contributed by atoms with Crippen LogP contribution in [0, 0.1) is 5.92 Å². The van der Waals surface area contributed by atoms with Crippen LogP contribution in [-0.4, -0.2) is 24.6 Å². The quantitative estimate of drug-likeness (QED) is 0.478. The van der Waals surface area contributed by atoms with E-state index in [9.17, 15) is 4.79 Å². The SMILES string of the molecule is COc1ccc(-c2csc(NC(=O)c3cccc(OCC(C)C)c3)n2)cc1Br. The Balaban J connectivity index is 1.70. The number of carbonyl (C=O) groups is 1. The predicted molar refractivity (Wildman–Crippen MR) is 117 cm³/mol. The van der Waals surface area contributed by atoms with E-state index >= 15 is 0 Å². The molecule has 3 rings (SSSR count). The highest BCUT2D eigenvalue weighted by atomic mass is 79.9. The van der Waals surface area contributed by atoms with E-state index in [0.717, 1.165) is 21.5 Å². The fourth-order valence-corrected chi connectivity index (χ4v) is 3.70. The summed E-state index contributed by atoms with van der Waals surface area (Å²) in [6.07, 6.45) is 0. The lowest BCUT2D eigenvalue weighted by atomic mass is 10.2. The molecule has 0 unspecified atom stereocenters. The van der Waals surface area contributed by atoms with Crippen molar-refractivity contribution in [2.75, 3.05) is 19.0 Å². The summed E-state index contributed by atoms with van der Waals surface area (Å²) in [7, 11) is 1.62. The normalized spacial score (nSPS) is 10.8. The number of aromatic nitrogens is 1. The molecule has 5 nitrogen and oxygen atoms in total. The zero-order valence-corrected chi connectivity index (χ0v) is 18.3. The molecule has 0 radical (unpaired) electrons. The van der Waals surface area contributed by atoms with Crippen molar-refractivity contribution in [1.82, 2.24) is 4.98 Å². The van der Waals surface area contributed by atoms with Gasteiger partial charge in [0.1, 0.15) is 11.5 Å². The highest BCUT2D eigenvalue weighted by Crippen LogP contribution is 2.32. The van der Waals surface area contributed by atoms with Crippen molar-refractivity contribution in [1.29, 1.82) is 0 Å². The summed E-state index contributed by atoms with van der Waals surface area (Å²) in [4.78, 5) is 17.1. The van der Waals surface area contributed by atoms with Gasteiger partial charge in [0.15, 0.2) is 5.13 Å². The van der Waals surface area contributed by atoms with Gasteiger partial charge in [-0.1, -0.05) is 19.9 Å². The maximum atomic E-state index is 12.6. The second-order valence-electron chi connectivity index (χ2n) is 6.57. The van der Waals surface area contributed by atoms with Gasteiger partial charge in [0, 0.05) is 16.5 Å². The van der Waals surface area contributed by atoms with Crippen LogP contribution >= 0.6 is 27.3 Å². The summed E-state index contributed by atoms with van der Waals surface area (Å²) in [6.45, 7) is 4.77. The minimum absolute atomic E-state index is 0.216. The number of hydrogen-bond acceptors (Lipinski definition) is 5. The van der Waals surface area contributed by atoms with Gasteiger partial charge in [0.2, 0.25) is 0 Å². The average Bonchev–Trinajstić information content (AvgIpc) is 3.15. The molecule has 1 heterocycles. The summed E-state index contributed by atoms with van der Waals surface area (Å²) in [5.41, 5.74) is 2.26. The Labute approximate surface area is 176 Å². The van der Waals surface area contributed by atoms with Gasteiger partial charge in [-0.2, -0.15) is 0 Å². The zero-order chi connectivity index (χ0) is 20.1. The molecule has 0 saturated carbocycles. The number of hydrogen-bond donors (Lipinski definition) is 1. The van der Waals surface area contributed by atoms with Crippen LogP contribution in [0.4, 0.5) is 5.13 Å². The van der Waals surface area contributed by atoms with Gasteiger partial charge in [-0.15, -0.1) is 11.3 Å². The van der Waals surface area contributed by atoms with E-state index < -0.39 is 0 Å². The molecule has 0 fully saturated rings. The average molecular weight is 461 g/mol. The van der Waals surface area contributed by atoms with E-state index in [0.29, 0.717) is 29.0 Å². The smallest absolute Gasteiger partial charge is 0.257 e. The number of carbonyl (C=O) groups excluding carboxylic acids is 1. The molecular formula is C21H21BrN2O3S. The molecular weight excluding hydrogens is 440 g/mol. The Kier molecular flexibility index (Phi) is 6.70. The molecule has 146 valence electrons. The highest BCUT2D eigenvalue weighted by Gasteiger charge is 2.12. The van der Waals surface area contributed by atoms with Crippen LogP contribution in [0.2, 0.25) is 0 Å². The Morgan fingerprint density at radius 3 is 2.79 bits per heavy atom. The Hall–Kier alpha value is -2.38. The summed E-state index contributed by atoms with van der Waals surface area (Å²) < 4.78 is 11.8. The Morgan fingerprint density at radius 2 is 2.07 bits per heavy atom. The van der Waals surface area contributed by atoms with E-state index in [1.54, 1.807) is 19.2 Å². The molecule has 1 aromatic heterocycles. The number of anilines is 1. The first kappa shape index (κ1) is 20.4. The number of nitrogens with zero attached hydrogens (tertiary/aromatic N) is 1. The minimum atomic E-state index is -0.216. The van der Waals surface area contributed by atoms with Crippen molar-refractivity contribution in [3.63, 3.8) is 0 Å². The van der Waals surface area contributed by atoms with Crippen molar-refractivity contribution < 1.29 is 14.3 Å². The number of benzene rings is 2.